The van der Waals surface area contributed by atoms with E-state index in [0.29, 0.717) is 52.9 Å². The van der Waals surface area contributed by atoms with E-state index in [-0.39, 0.29) is 6.61 Å². The monoisotopic (exact) mass is 326 g/mol. The summed E-state index contributed by atoms with van der Waals surface area (Å²) < 4.78 is 49.0. The normalized spacial score (nSPS) is 23.3. The first-order valence-corrected chi connectivity index (χ1v) is 8.88. The largest absolute Gasteiger partial charge is 0.379 e. The van der Waals surface area contributed by atoms with Gasteiger partial charge < -0.3 is 18.9 Å². The molecule has 0 unspecified atom stereocenters. The molecule has 0 amide bonds. The van der Waals surface area contributed by atoms with Crippen LogP contribution >= 0.6 is 0 Å². The van der Waals surface area contributed by atoms with Gasteiger partial charge in [0.15, 0.2) is 0 Å². The molecule has 0 bridgehead atoms. The average Bonchev–Trinajstić information content (AvgIpc) is 2.41. The number of rotatable bonds is 3. The van der Waals surface area contributed by atoms with Crippen molar-refractivity contribution in [3.63, 3.8) is 0 Å². The van der Waals surface area contributed by atoms with Gasteiger partial charge in [-0.2, -0.15) is 8.42 Å². The van der Waals surface area contributed by atoms with Crippen LogP contribution in [0.3, 0.4) is 0 Å². The van der Waals surface area contributed by atoms with E-state index in [1.807, 2.05) is 6.92 Å². The predicted octanol–water partition coefficient (Wildman–Crippen LogP) is 0.439. The maximum atomic E-state index is 11.1. The lowest BCUT2D eigenvalue weighted by molar-refractivity contribution is -0.0611. The highest BCUT2D eigenvalue weighted by Gasteiger charge is 2.27. The van der Waals surface area contributed by atoms with E-state index in [1.165, 1.54) is 0 Å². The third-order valence-corrected chi connectivity index (χ3v) is 3.39. The van der Waals surface area contributed by atoms with E-state index in [9.17, 15) is 8.42 Å². The maximum absolute atomic E-state index is 11.1. The van der Waals surface area contributed by atoms with Gasteiger partial charge in [0.2, 0.25) is 0 Å². The highest BCUT2D eigenvalue weighted by molar-refractivity contribution is 7.85. The molecule has 0 aliphatic carbocycles. The lowest BCUT2D eigenvalue weighted by Crippen LogP contribution is -2.36. The number of hydrogen-bond acceptors (Lipinski definition) is 7. The van der Waals surface area contributed by atoms with Crippen LogP contribution < -0.4 is 0 Å². The van der Waals surface area contributed by atoms with E-state index < -0.39 is 15.5 Å². The first-order valence-electron chi connectivity index (χ1n) is 7.07. The highest BCUT2D eigenvalue weighted by atomic mass is 32.2. The molecule has 7 nitrogen and oxygen atoms in total. The summed E-state index contributed by atoms with van der Waals surface area (Å²) in [5.41, 5.74) is -0.535. The lowest BCUT2D eigenvalue weighted by atomic mass is 9.94. The molecule has 126 valence electrons. The second kappa shape index (κ2) is 9.70. The van der Waals surface area contributed by atoms with Gasteiger partial charge in [0.05, 0.1) is 52.5 Å². The smallest absolute Gasteiger partial charge is 0.264 e. The molecule has 1 aliphatic rings. The molecule has 0 saturated carbocycles. The molecule has 0 aromatic carbocycles. The first-order chi connectivity index (χ1) is 9.91. The predicted molar refractivity (Wildman–Crippen MR) is 76.8 cm³/mol. The van der Waals surface area contributed by atoms with Crippen molar-refractivity contribution in [3.05, 3.63) is 0 Å². The molecule has 0 atom stereocenters. The van der Waals surface area contributed by atoms with Crippen molar-refractivity contribution in [3.8, 4) is 0 Å². The van der Waals surface area contributed by atoms with E-state index in [0.717, 1.165) is 12.7 Å². The van der Waals surface area contributed by atoms with Crippen LogP contribution in [0.4, 0.5) is 0 Å². The SMILES string of the molecule is CC1(COS(C)(=O)=O)COCCOCCCOCCOC1. The van der Waals surface area contributed by atoms with Crippen molar-refractivity contribution in [1.29, 1.82) is 0 Å². The fraction of sp³-hybridized carbons (Fsp3) is 1.00. The molecule has 0 aromatic rings. The molecule has 1 saturated heterocycles. The lowest BCUT2D eigenvalue weighted by Gasteiger charge is -2.28. The van der Waals surface area contributed by atoms with Gasteiger partial charge in [-0.3, -0.25) is 4.18 Å². The Morgan fingerprint density at radius 1 is 0.905 bits per heavy atom. The number of hydrogen-bond donors (Lipinski definition) is 0. The first kappa shape index (κ1) is 18.8. The van der Waals surface area contributed by atoms with Crippen molar-refractivity contribution in [2.75, 3.05) is 65.7 Å². The van der Waals surface area contributed by atoms with Crippen LogP contribution in [0, 0.1) is 5.41 Å². The molecule has 0 radical (unpaired) electrons. The summed E-state index contributed by atoms with van der Waals surface area (Å²) in [5.74, 6) is 0. The van der Waals surface area contributed by atoms with E-state index in [1.54, 1.807) is 0 Å². The van der Waals surface area contributed by atoms with Gasteiger partial charge in [-0.1, -0.05) is 6.92 Å². The highest BCUT2D eigenvalue weighted by Crippen LogP contribution is 2.19. The van der Waals surface area contributed by atoms with Crippen LogP contribution in [-0.4, -0.2) is 74.1 Å². The molecule has 0 spiro atoms. The van der Waals surface area contributed by atoms with Crippen LogP contribution in [0.1, 0.15) is 13.3 Å². The summed E-state index contributed by atoms with van der Waals surface area (Å²) >= 11 is 0. The Morgan fingerprint density at radius 2 is 1.38 bits per heavy atom. The second-order valence-electron chi connectivity index (χ2n) is 5.46. The van der Waals surface area contributed by atoms with E-state index in [4.69, 9.17) is 23.1 Å². The van der Waals surface area contributed by atoms with E-state index >= 15 is 0 Å². The van der Waals surface area contributed by atoms with Crippen molar-refractivity contribution >= 4 is 10.1 Å². The average molecular weight is 326 g/mol. The van der Waals surface area contributed by atoms with Crippen molar-refractivity contribution in [1.82, 2.24) is 0 Å². The molecule has 8 heteroatoms. The Bertz CT molecular complexity index is 355. The fourth-order valence-electron chi connectivity index (χ4n) is 1.71. The van der Waals surface area contributed by atoms with Crippen LogP contribution in [0.15, 0.2) is 0 Å². The van der Waals surface area contributed by atoms with Gasteiger partial charge >= 0.3 is 0 Å². The zero-order chi connectivity index (χ0) is 15.6. The van der Waals surface area contributed by atoms with Gasteiger partial charge in [0.1, 0.15) is 0 Å². The topological polar surface area (TPSA) is 80.3 Å². The van der Waals surface area contributed by atoms with Crippen LogP contribution in [0.2, 0.25) is 0 Å². The summed E-state index contributed by atoms with van der Waals surface area (Å²) in [7, 11) is -3.48. The molecule has 21 heavy (non-hydrogen) atoms. The minimum atomic E-state index is -3.48. The van der Waals surface area contributed by atoms with Crippen molar-refractivity contribution in [2.24, 2.45) is 5.41 Å². The molecule has 1 heterocycles. The van der Waals surface area contributed by atoms with Crippen LogP contribution in [-0.2, 0) is 33.2 Å². The number of ether oxygens (including phenoxy) is 4. The Labute approximate surface area is 127 Å². The van der Waals surface area contributed by atoms with Gasteiger partial charge in [0.25, 0.3) is 10.1 Å². The minimum Gasteiger partial charge on any atom is -0.379 e. The third kappa shape index (κ3) is 10.2. The van der Waals surface area contributed by atoms with Gasteiger partial charge in [-0.25, -0.2) is 0 Å². The third-order valence-electron chi connectivity index (χ3n) is 2.84. The Balaban J connectivity index is 2.47. The van der Waals surface area contributed by atoms with E-state index in [2.05, 4.69) is 0 Å². The summed E-state index contributed by atoms with van der Waals surface area (Å²) in [6.07, 6.45) is 1.88. The zero-order valence-corrected chi connectivity index (χ0v) is 13.7. The fourth-order valence-corrected chi connectivity index (χ4v) is 2.21. The van der Waals surface area contributed by atoms with Crippen molar-refractivity contribution < 1.29 is 31.5 Å². The molecular formula is C13H26O7S. The van der Waals surface area contributed by atoms with Gasteiger partial charge in [0, 0.05) is 18.6 Å². The van der Waals surface area contributed by atoms with Crippen LogP contribution in [0.5, 0.6) is 0 Å². The molecule has 1 fully saturated rings. The Hall–Kier alpha value is -0.250. The minimum absolute atomic E-state index is 0.0214. The molecule has 0 N–H and O–H groups in total. The maximum Gasteiger partial charge on any atom is 0.264 e. The van der Waals surface area contributed by atoms with Gasteiger partial charge in [-0.05, 0) is 6.42 Å². The Morgan fingerprint density at radius 3 is 1.86 bits per heavy atom. The summed E-state index contributed by atoms with van der Waals surface area (Å²) in [4.78, 5) is 0. The summed E-state index contributed by atoms with van der Waals surface area (Å²) in [6.45, 7) is 5.76. The Kier molecular flexibility index (Phi) is 8.69. The summed E-state index contributed by atoms with van der Waals surface area (Å²) in [5, 5.41) is 0. The summed E-state index contributed by atoms with van der Waals surface area (Å²) in [6, 6.07) is 0. The van der Waals surface area contributed by atoms with Crippen molar-refractivity contribution in [2.45, 2.75) is 13.3 Å². The standard InChI is InChI=1S/C13H26O7S/c1-13(12-20-21(2,14)15)10-18-8-6-16-4-3-5-17-7-9-19-11-13/h3-12H2,1-2H3. The molecule has 1 aliphatic heterocycles. The molecule has 0 aromatic heterocycles. The molecule has 1 rings (SSSR count). The van der Waals surface area contributed by atoms with Crippen LogP contribution in [0.25, 0.3) is 0 Å². The zero-order valence-electron chi connectivity index (χ0n) is 12.8. The quantitative estimate of drug-likeness (QED) is 0.696. The second-order valence-corrected chi connectivity index (χ2v) is 7.10. The molecular weight excluding hydrogens is 300 g/mol. The van der Waals surface area contributed by atoms with Gasteiger partial charge in [-0.15, -0.1) is 0 Å².